The van der Waals surface area contributed by atoms with Crippen LogP contribution in [-0.2, 0) is 28.6 Å². The van der Waals surface area contributed by atoms with Gasteiger partial charge >= 0.3 is 17.9 Å². The average Bonchev–Trinajstić information content (AvgIpc) is 3.26. The third-order valence-corrected chi connectivity index (χ3v) is 12.3. The maximum Gasteiger partial charge on any atom is 0.306 e. The number of allylic oxidation sites excluding steroid dienone is 2. The number of esters is 3. The van der Waals surface area contributed by atoms with Gasteiger partial charge in [0, 0.05) is 19.3 Å². The Morgan fingerprint density at radius 3 is 0.820 bits per heavy atom. The molecule has 0 aliphatic rings. The molecule has 6 heteroatoms. The molecule has 0 saturated carbocycles. The second-order valence-corrected chi connectivity index (χ2v) is 18.5. The van der Waals surface area contributed by atoms with E-state index >= 15 is 0 Å². The lowest BCUT2D eigenvalue weighted by Gasteiger charge is -2.18. The fraction of sp³-hybridized carbons (Fsp3) is 0.909. The van der Waals surface area contributed by atoms with Gasteiger partial charge in [-0.25, -0.2) is 0 Å². The lowest BCUT2D eigenvalue weighted by atomic mass is 10.0. The quantitative estimate of drug-likeness (QED) is 0.0262. The van der Waals surface area contributed by atoms with Gasteiger partial charge in [0.15, 0.2) is 6.10 Å². The molecule has 0 radical (unpaired) electrons. The summed E-state index contributed by atoms with van der Waals surface area (Å²) in [5, 5.41) is 0. The molecule has 61 heavy (non-hydrogen) atoms. The molecule has 0 aromatic heterocycles. The molecule has 0 amide bonds. The maximum atomic E-state index is 12.6. The molecule has 0 aromatic rings. The molecule has 0 aromatic carbocycles. The first-order chi connectivity index (χ1) is 30.0. The second-order valence-electron chi connectivity index (χ2n) is 18.5. The molecule has 0 N–H and O–H groups in total. The molecule has 0 aliphatic carbocycles. The molecule has 1 unspecified atom stereocenters. The van der Waals surface area contributed by atoms with E-state index in [4.69, 9.17) is 14.2 Å². The van der Waals surface area contributed by atoms with Crippen LogP contribution >= 0.6 is 0 Å². The predicted molar refractivity (Wildman–Crippen MR) is 261 cm³/mol. The Hall–Kier alpha value is -1.85. The van der Waals surface area contributed by atoms with Crippen LogP contribution < -0.4 is 0 Å². The van der Waals surface area contributed by atoms with Gasteiger partial charge in [0.2, 0.25) is 0 Å². The normalized spacial score (nSPS) is 12.0. The minimum Gasteiger partial charge on any atom is -0.462 e. The summed E-state index contributed by atoms with van der Waals surface area (Å²) in [6.07, 6.45) is 56.9. The smallest absolute Gasteiger partial charge is 0.306 e. The zero-order chi connectivity index (χ0) is 44.4. The highest BCUT2D eigenvalue weighted by Gasteiger charge is 2.19. The van der Waals surface area contributed by atoms with E-state index < -0.39 is 6.10 Å². The van der Waals surface area contributed by atoms with Crippen LogP contribution in [0.1, 0.15) is 303 Å². The minimum absolute atomic E-state index is 0.0654. The van der Waals surface area contributed by atoms with Crippen LogP contribution in [-0.4, -0.2) is 37.2 Å². The molecule has 0 rings (SSSR count). The zero-order valence-electron chi connectivity index (χ0n) is 41.2. The summed E-state index contributed by atoms with van der Waals surface area (Å²) in [5.41, 5.74) is 0. The molecular weight excluding hydrogens is 757 g/mol. The maximum absolute atomic E-state index is 12.6. The van der Waals surface area contributed by atoms with Gasteiger partial charge in [-0.1, -0.05) is 251 Å². The Balaban J connectivity index is 3.86. The molecule has 0 fully saturated rings. The third kappa shape index (κ3) is 49.0. The topological polar surface area (TPSA) is 78.9 Å². The van der Waals surface area contributed by atoms with E-state index in [1.807, 2.05) is 0 Å². The van der Waals surface area contributed by atoms with Gasteiger partial charge in [-0.05, 0) is 44.9 Å². The van der Waals surface area contributed by atoms with Crippen LogP contribution in [0.2, 0.25) is 0 Å². The van der Waals surface area contributed by atoms with Crippen molar-refractivity contribution in [2.45, 2.75) is 309 Å². The van der Waals surface area contributed by atoms with Crippen molar-refractivity contribution in [1.82, 2.24) is 0 Å². The molecular formula is C55H104O6. The lowest BCUT2D eigenvalue weighted by Crippen LogP contribution is -2.30. The first-order valence-electron chi connectivity index (χ1n) is 27.2. The monoisotopic (exact) mass is 861 g/mol. The Labute approximate surface area is 380 Å². The molecule has 0 aliphatic heterocycles. The largest absolute Gasteiger partial charge is 0.462 e. The number of unbranched alkanes of at least 4 members (excludes halogenated alkanes) is 37. The van der Waals surface area contributed by atoms with E-state index in [1.165, 1.54) is 205 Å². The highest BCUT2D eigenvalue weighted by atomic mass is 16.6. The van der Waals surface area contributed by atoms with E-state index in [9.17, 15) is 14.4 Å². The molecule has 360 valence electrons. The van der Waals surface area contributed by atoms with Gasteiger partial charge in [0.1, 0.15) is 13.2 Å². The van der Waals surface area contributed by atoms with Crippen LogP contribution in [0.3, 0.4) is 0 Å². The van der Waals surface area contributed by atoms with Gasteiger partial charge in [-0.2, -0.15) is 0 Å². The van der Waals surface area contributed by atoms with Crippen molar-refractivity contribution in [1.29, 1.82) is 0 Å². The Kier molecular flexibility index (Phi) is 49.3. The van der Waals surface area contributed by atoms with E-state index in [1.54, 1.807) is 0 Å². The van der Waals surface area contributed by atoms with Crippen LogP contribution in [0.5, 0.6) is 0 Å². The number of hydrogen-bond donors (Lipinski definition) is 0. The van der Waals surface area contributed by atoms with Crippen molar-refractivity contribution in [3.05, 3.63) is 12.2 Å². The number of ether oxygens (including phenoxy) is 3. The lowest BCUT2D eigenvalue weighted by molar-refractivity contribution is -0.167. The van der Waals surface area contributed by atoms with Crippen molar-refractivity contribution in [2.24, 2.45) is 0 Å². The summed E-state index contributed by atoms with van der Waals surface area (Å²) in [6.45, 7) is 6.58. The average molecular weight is 861 g/mol. The van der Waals surface area contributed by atoms with Gasteiger partial charge in [-0.15, -0.1) is 0 Å². The van der Waals surface area contributed by atoms with Crippen molar-refractivity contribution >= 4 is 17.9 Å². The van der Waals surface area contributed by atoms with Crippen molar-refractivity contribution in [3.8, 4) is 0 Å². The van der Waals surface area contributed by atoms with Crippen LogP contribution in [0.25, 0.3) is 0 Å². The summed E-state index contributed by atoms with van der Waals surface area (Å²) in [7, 11) is 0. The molecule has 0 bridgehead atoms. The fourth-order valence-electron chi connectivity index (χ4n) is 8.14. The highest BCUT2D eigenvalue weighted by Crippen LogP contribution is 2.17. The molecule has 0 heterocycles. The van der Waals surface area contributed by atoms with Crippen LogP contribution in [0, 0.1) is 0 Å². The van der Waals surface area contributed by atoms with Crippen molar-refractivity contribution < 1.29 is 28.6 Å². The zero-order valence-corrected chi connectivity index (χ0v) is 41.2. The molecule has 0 saturated heterocycles. The summed E-state index contributed by atoms with van der Waals surface area (Å²) < 4.78 is 16.6. The highest BCUT2D eigenvalue weighted by molar-refractivity contribution is 5.71. The third-order valence-electron chi connectivity index (χ3n) is 12.3. The Morgan fingerprint density at radius 2 is 0.541 bits per heavy atom. The number of carbonyl (C=O) groups excluding carboxylic acids is 3. The number of carbonyl (C=O) groups is 3. The molecule has 1 atom stereocenters. The Bertz CT molecular complexity index is 947. The second kappa shape index (κ2) is 50.8. The standard InChI is InChI=1S/C55H104O6/c1-4-7-10-13-16-17-18-19-20-21-22-23-24-25-26-27-28-29-30-31-32-33-34-35-36-37-40-42-45-48-54(57)60-51-52(61-55(58)49-46-43-39-15-12-9-6-3)50-59-53(56)47-44-41-38-14-11-8-5-2/h21-22,52H,4-20,23-51H2,1-3H3/b22-21-. The number of hydrogen-bond acceptors (Lipinski definition) is 6. The predicted octanol–water partition coefficient (Wildman–Crippen LogP) is 17.8. The van der Waals surface area contributed by atoms with Crippen molar-refractivity contribution in [2.75, 3.05) is 13.2 Å². The van der Waals surface area contributed by atoms with E-state index in [0.29, 0.717) is 19.3 Å². The molecule has 0 spiro atoms. The first-order valence-corrected chi connectivity index (χ1v) is 27.2. The van der Waals surface area contributed by atoms with E-state index in [2.05, 4.69) is 32.9 Å². The van der Waals surface area contributed by atoms with Gasteiger partial charge in [0.05, 0.1) is 0 Å². The Morgan fingerprint density at radius 1 is 0.311 bits per heavy atom. The first kappa shape index (κ1) is 59.1. The van der Waals surface area contributed by atoms with E-state index in [-0.39, 0.29) is 31.1 Å². The summed E-state index contributed by atoms with van der Waals surface area (Å²) >= 11 is 0. The van der Waals surface area contributed by atoms with Crippen molar-refractivity contribution in [3.63, 3.8) is 0 Å². The van der Waals surface area contributed by atoms with Gasteiger partial charge in [0.25, 0.3) is 0 Å². The SMILES string of the molecule is CCCCCCCCCC/C=C\CCCCCCCCCCCCCCCCCCCC(=O)OCC(COC(=O)CCCCCCCCC)OC(=O)CCCCCCCCC. The number of rotatable bonds is 50. The molecule has 6 nitrogen and oxygen atoms in total. The van der Waals surface area contributed by atoms with Crippen LogP contribution in [0.4, 0.5) is 0 Å². The summed E-state index contributed by atoms with van der Waals surface area (Å²) in [6, 6.07) is 0. The van der Waals surface area contributed by atoms with Gasteiger partial charge in [-0.3, -0.25) is 14.4 Å². The summed E-state index contributed by atoms with van der Waals surface area (Å²) in [5.74, 6) is -0.866. The van der Waals surface area contributed by atoms with Crippen LogP contribution in [0.15, 0.2) is 12.2 Å². The fourth-order valence-corrected chi connectivity index (χ4v) is 8.14. The van der Waals surface area contributed by atoms with Gasteiger partial charge < -0.3 is 14.2 Å². The van der Waals surface area contributed by atoms with E-state index in [0.717, 1.165) is 57.8 Å². The summed E-state index contributed by atoms with van der Waals surface area (Å²) in [4.78, 5) is 37.5. The minimum atomic E-state index is -0.759.